The molecule has 3 atom stereocenters. The summed E-state index contributed by atoms with van der Waals surface area (Å²) in [5.74, 6) is 0.0824. The molecule has 27 heavy (non-hydrogen) atoms. The molecule has 2 fully saturated rings. The van der Waals surface area contributed by atoms with Gasteiger partial charge < -0.3 is 19.7 Å². The minimum absolute atomic E-state index is 0.0785. The number of hydrogen-bond donors (Lipinski definition) is 2. The Kier molecular flexibility index (Phi) is 6.92. The Morgan fingerprint density at radius 2 is 1.70 bits per heavy atom. The lowest BCUT2D eigenvalue weighted by molar-refractivity contribution is -0.293. The van der Waals surface area contributed by atoms with E-state index in [4.69, 9.17) is 9.47 Å². The van der Waals surface area contributed by atoms with Gasteiger partial charge in [-0.1, -0.05) is 51.7 Å². The van der Waals surface area contributed by atoms with Gasteiger partial charge in [-0.2, -0.15) is 0 Å². The van der Waals surface area contributed by atoms with Crippen LogP contribution in [0.5, 0.6) is 0 Å². The van der Waals surface area contributed by atoms with Gasteiger partial charge in [-0.05, 0) is 38.0 Å². The average Bonchev–Trinajstić information content (AvgIpc) is 2.51. The van der Waals surface area contributed by atoms with Crippen molar-refractivity contribution < 1.29 is 19.7 Å². The smallest absolute Gasteiger partial charge is 0.270 e. The van der Waals surface area contributed by atoms with Crippen LogP contribution in [0, 0.1) is 23.2 Å². The number of hydrogen-bond acceptors (Lipinski definition) is 4. The van der Waals surface area contributed by atoms with Gasteiger partial charge in [0.2, 0.25) is 0 Å². The predicted octanol–water partition coefficient (Wildman–Crippen LogP) is 5.98. The van der Waals surface area contributed by atoms with Gasteiger partial charge in [-0.15, -0.1) is 0 Å². The van der Waals surface area contributed by atoms with Gasteiger partial charge in [0.05, 0.1) is 21.3 Å². The highest BCUT2D eigenvalue weighted by molar-refractivity contribution is 6.81. The topological polar surface area (TPSA) is 58.9 Å². The molecule has 2 N–H and O–H groups in total. The molecule has 0 unspecified atom stereocenters. The average molecular weight is 397 g/mol. The maximum Gasteiger partial charge on any atom is 0.270 e. The van der Waals surface area contributed by atoms with E-state index in [-0.39, 0.29) is 11.3 Å². The van der Waals surface area contributed by atoms with Crippen LogP contribution in [0.4, 0.5) is 0 Å². The number of ether oxygens (including phenoxy) is 2. The summed E-state index contributed by atoms with van der Waals surface area (Å²) in [5.41, 5.74) is 3.95. The lowest BCUT2D eigenvalue weighted by Crippen LogP contribution is -2.46. The second-order valence-corrected chi connectivity index (χ2v) is 15.7. The molecule has 4 nitrogen and oxygen atoms in total. The van der Waals surface area contributed by atoms with Crippen molar-refractivity contribution >= 4 is 8.07 Å². The first-order valence-corrected chi connectivity index (χ1v) is 14.0. The summed E-state index contributed by atoms with van der Waals surface area (Å²) in [6.07, 6.45) is 5.58. The first kappa shape index (κ1) is 22.5. The molecule has 0 aromatic heterocycles. The van der Waals surface area contributed by atoms with E-state index in [0.29, 0.717) is 11.8 Å². The van der Waals surface area contributed by atoms with Gasteiger partial charge >= 0.3 is 0 Å². The van der Waals surface area contributed by atoms with Crippen molar-refractivity contribution in [3.8, 4) is 0 Å². The highest BCUT2D eigenvalue weighted by Gasteiger charge is 2.39. The molecule has 1 heterocycles. The second-order valence-electron chi connectivity index (χ2n) is 10.7. The highest BCUT2D eigenvalue weighted by Crippen LogP contribution is 2.44. The summed E-state index contributed by atoms with van der Waals surface area (Å²) >= 11 is 0. The summed E-state index contributed by atoms with van der Waals surface area (Å²) in [6.45, 7) is 17.2. The standard InChI is InChI=1S/C22H40O4Si/c1-16-8-9-17(12-20(23)24)19(13-27(5,6)7)18(16)10-11-22(4)25-14-21(2,3)15-26-22/h12-13,16-18,23-24H,8-11,14-15H2,1-7H3/b19-13-/t16-,17+,18+/m1/s1. The highest BCUT2D eigenvalue weighted by atomic mass is 28.3. The lowest BCUT2D eigenvalue weighted by Gasteiger charge is -2.43. The molecule has 2 aliphatic rings. The van der Waals surface area contributed by atoms with Crippen molar-refractivity contribution in [1.29, 1.82) is 0 Å². The molecule has 156 valence electrons. The van der Waals surface area contributed by atoms with Crippen LogP contribution < -0.4 is 0 Å². The third kappa shape index (κ3) is 6.65. The molecule has 0 aromatic rings. The summed E-state index contributed by atoms with van der Waals surface area (Å²) in [6, 6.07) is 0. The van der Waals surface area contributed by atoms with Gasteiger partial charge in [0.15, 0.2) is 5.79 Å². The van der Waals surface area contributed by atoms with Gasteiger partial charge in [0.1, 0.15) is 0 Å². The normalized spacial score (nSPS) is 32.3. The first-order valence-electron chi connectivity index (χ1n) is 10.4. The molecule has 0 spiro atoms. The quantitative estimate of drug-likeness (QED) is 0.443. The third-order valence-electron chi connectivity index (χ3n) is 5.87. The molecule has 1 aliphatic heterocycles. The summed E-state index contributed by atoms with van der Waals surface area (Å²) < 4.78 is 12.2. The van der Waals surface area contributed by atoms with E-state index in [0.717, 1.165) is 38.9 Å². The van der Waals surface area contributed by atoms with Gasteiger partial charge in [-0.25, -0.2) is 0 Å². The molecular weight excluding hydrogens is 356 g/mol. The van der Waals surface area contributed by atoms with Crippen molar-refractivity contribution in [3.63, 3.8) is 0 Å². The minimum atomic E-state index is -1.43. The Morgan fingerprint density at radius 1 is 1.11 bits per heavy atom. The Hall–Kier alpha value is -0.783. The summed E-state index contributed by atoms with van der Waals surface area (Å²) in [7, 11) is -1.43. The molecule has 0 amide bonds. The molecule has 2 rings (SSSR count). The van der Waals surface area contributed by atoms with E-state index in [9.17, 15) is 10.2 Å². The van der Waals surface area contributed by atoms with Gasteiger partial charge in [0.25, 0.3) is 5.95 Å². The fourth-order valence-corrected chi connectivity index (χ4v) is 5.71. The Balaban J connectivity index is 2.18. The fraction of sp³-hybridized carbons (Fsp3) is 0.818. The number of aliphatic hydroxyl groups excluding tert-OH is 1. The Labute approximate surface area is 166 Å². The molecule has 1 saturated heterocycles. The van der Waals surface area contributed by atoms with E-state index in [1.54, 1.807) is 6.08 Å². The largest absolute Gasteiger partial charge is 0.481 e. The third-order valence-corrected chi connectivity index (χ3v) is 7.07. The number of aliphatic hydroxyl groups is 2. The lowest BCUT2D eigenvalue weighted by atomic mass is 9.69. The molecule has 0 aromatic carbocycles. The predicted molar refractivity (Wildman–Crippen MR) is 113 cm³/mol. The summed E-state index contributed by atoms with van der Waals surface area (Å²) in [4.78, 5) is 0. The van der Waals surface area contributed by atoms with Crippen molar-refractivity contribution in [2.24, 2.45) is 23.2 Å². The van der Waals surface area contributed by atoms with Crippen LogP contribution in [0.1, 0.15) is 53.4 Å². The molecule has 1 aliphatic carbocycles. The van der Waals surface area contributed by atoms with Gasteiger partial charge in [-0.3, -0.25) is 0 Å². The van der Waals surface area contributed by atoms with Crippen molar-refractivity contribution in [2.75, 3.05) is 13.2 Å². The SMILES string of the molecule is C[C@@H]1CC[C@@H](C=C(O)O)/C(=C/[Si](C)(C)C)[C@H]1CCC1(C)OCC(C)(C)CO1. The molecule has 1 saturated carbocycles. The summed E-state index contributed by atoms with van der Waals surface area (Å²) in [5, 5.41) is 18.9. The number of rotatable bonds is 5. The minimum Gasteiger partial charge on any atom is -0.481 e. The van der Waals surface area contributed by atoms with E-state index < -0.39 is 19.8 Å². The zero-order chi connectivity index (χ0) is 20.5. The molecule has 0 bridgehead atoms. The van der Waals surface area contributed by atoms with E-state index >= 15 is 0 Å². The van der Waals surface area contributed by atoms with Crippen LogP contribution in [0.2, 0.25) is 19.6 Å². The van der Waals surface area contributed by atoms with Gasteiger partial charge in [0, 0.05) is 23.8 Å². The Bertz CT molecular complexity index is 559. The molecular formula is C22H40O4Si. The van der Waals surface area contributed by atoms with Crippen LogP contribution in [0.3, 0.4) is 0 Å². The second kappa shape index (κ2) is 8.30. The van der Waals surface area contributed by atoms with Crippen LogP contribution >= 0.6 is 0 Å². The van der Waals surface area contributed by atoms with E-state index in [1.807, 2.05) is 0 Å². The van der Waals surface area contributed by atoms with Crippen molar-refractivity contribution in [3.05, 3.63) is 23.3 Å². The monoisotopic (exact) mass is 396 g/mol. The maximum atomic E-state index is 9.46. The van der Waals surface area contributed by atoms with Crippen LogP contribution in [-0.2, 0) is 9.47 Å². The molecule has 5 heteroatoms. The zero-order valence-corrected chi connectivity index (χ0v) is 19.3. The van der Waals surface area contributed by atoms with Crippen LogP contribution in [0.15, 0.2) is 23.3 Å². The van der Waals surface area contributed by atoms with Crippen molar-refractivity contribution in [2.45, 2.75) is 78.8 Å². The Morgan fingerprint density at radius 3 is 2.22 bits per heavy atom. The van der Waals surface area contributed by atoms with Crippen LogP contribution in [-0.4, -0.2) is 37.3 Å². The zero-order valence-electron chi connectivity index (χ0n) is 18.3. The van der Waals surface area contributed by atoms with E-state index in [1.165, 1.54) is 5.57 Å². The van der Waals surface area contributed by atoms with Crippen molar-refractivity contribution in [1.82, 2.24) is 0 Å². The maximum absolute atomic E-state index is 9.46. The first-order chi connectivity index (χ1) is 12.3. The van der Waals surface area contributed by atoms with Crippen LogP contribution in [0.25, 0.3) is 0 Å². The fourth-order valence-electron chi connectivity index (χ4n) is 4.28. The van der Waals surface area contributed by atoms with E-state index in [2.05, 4.69) is 53.0 Å². The molecule has 0 radical (unpaired) electrons. The number of allylic oxidation sites excluding steroid dienone is 2.